The number of aromatic nitrogens is 2. The summed E-state index contributed by atoms with van der Waals surface area (Å²) >= 11 is 1.40. The molecule has 0 atom stereocenters. The molecule has 0 spiro atoms. The van der Waals surface area contributed by atoms with E-state index in [9.17, 15) is 13.6 Å². The molecule has 0 aromatic carbocycles. The number of pyridine rings is 1. The monoisotopic (exact) mass is 478 g/mol. The van der Waals surface area contributed by atoms with Gasteiger partial charge in [0.25, 0.3) is 11.6 Å². The third kappa shape index (κ3) is 7.17. The number of nitrogens with zero attached hydrogens (tertiary/aromatic N) is 3. The largest absolute Gasteiger partial charge is 0.464 e. The fraction of sp³-hybridized carbons (Fsp3) is 0.625. The van der Waals surface area contributed by atoms with Crippen molar-refractivity contribution in [2.75, 3.05) is 19.7 Å². The standard InChI is InChI=1S/C24H32F2N4O2S/c1-16-12-18(6-9-27-16)13-23(31)28-19-4-2-17(3-5-19)7-10-30-11-8-21-20(14-30)29-24(33-21)32-15-22(25)26/h6,9,12,17,19,22H,2-5,7-8,10-11,13-15H2,1H3,(H,28,31). The lowest BCUT2D eigenvalue weighted by atomic mass is 9.84. The Balaban J connectivity index is 1.15. The maximum absolute atomic E-state index is 12.4. The number of rotatable bonds is 9. The molecule has 3 heterocycles. The van der Waals surface area contributed by atoms with Crippen LogP contribution in [0.15, 0.2) is 18.3 Å². The number of fused-ring (bicyclic) bond motifs is 1. The molecule has 1 aliphatic heterocycles. The van der Waals surface area contributed by atoms with Crippen LogP contribution in [-0.2, 0) is 24.2 Å². The van der Waals surface area contributed by atoms with Crippen LogP contribution in [0.3, 0.4) is 0 Å². The van der Waals surface area contributed by atoms with Crippen molar-refractivity contribution in [3.05, 3.63) is 40.2 Å². The average Bonchev–Trinajstić information content (AvgIpc) is 3.19. The molecule has 0 bridgehead atoms. The van der Waals surface area contributed by atoms with Crippen LogP contribution >= 0.6 is 11.3 Å². The van der Waals surface area contributed by atoms with Crippen LogP contribution in [0.5, 0.6) is 5.19 Å². The summed E-state index contributed by atoms with van der Waals surface area (Å²) < 4.78 is 29.8. The molecule has 2 aliphatic rings. The number of ether oxygens (including phenoxy) is 1. The highest BCUT2D eigenvalue weighted by Crippen LogP contribution is 2.31. The third-order valence-electron chi connectivity index (χ3n) is 6.51. The Morgan fingerprint density at radius 3 is 2.91 bits per heavy atom. The van der Waals surface area contributed by atoms with E-state index in [-0.39, 0.29) is 11.9 Å². The van der Waals surface area contributed by atoms with Gasteiger partial charge in [-0.1, -0.05) is 11.3 Å². The topological polar surface area (TPSA) is 67.4 Å². The van der Waals surface area contributed by atoms with Crippen LogP contribution in [0.4, 0.5) is 8.78 Å². The fourth-order valence-corrected chi connectivity index (χ4v) is 5.67. The molecule has 2 aromatic heterocycles. The number of hydrogen-bond donors (Lipinski definition) is 1. The van der Waals surface area contributed by atoms with Gasteiger partial charge in [-0.05, 0) is 75.6 Å². The Bertz CT molecular complexity index is 931. The molecule has 4 rings (SSSR count). The van der Waals surface area contributed by atoms with E-state index in [4.69, 9.17) is 4.74 Å². The van der Waals surface area contributed by atoms with Crippen LogP contribution in [0, 0.1) is 12.8 Å². The minimum absolute atomic E-state index is 0.0910. The van der Waals surface area contributed by atoms with Gasteiger partial charge in [0.2, 0.25) is 5.91 Å². The van der Waals surface area contributed by atoms with E-state index in [2.05, 4.69) is 20.2 Å². The normalized spacial score (nSPS) is 21.1. The van der Waals surface area contributed by atoms with Crippen molar-refractivity contribution in [2.24, 2.45) is 5.92 Å². The van der Waals surface area contributed by atoms with Gasteiger partial charge in [-0.2, -0.15) is 0 Å². The highest BCUT2D eigenvalue weighted by atomic mass is 32.1. The second-order valence-electron chi connectivity index (χ2n) is 9.13. The Morgan fingerprint density at radius 2 is 2.15 bits per heavy atom. The first kappa shape index (κ1) is 24.0. The molecule has 1 aliphatic carbocycles. The van der Waals surface area contributed by atoms with E-state index in [1.54, 1.807) is 6.20 Å². The minimum atomic E-state index is -2.48. The minimum Gasteiger partial charge on any atom is -0.464 e. The first-order chi connectivity index (χ1) is 15.9. The molecule has 33 heavy (non-hydrogen) atoms. The maximum atomic E-state index is 12.4. The summed E-state index contributed by atoms with van der Waals surface area (Å²) in [6.45, 7) is 4.11. The van der Waals surface area contributed by atoms with Gasteiger partial charge in [-0.3, -0.25) is 14.7 Å². The van der Waals surface area contributed by atoms with Gasteiger partial charge in [0.1, 0.15) is 0 Å². The molecule has 6 nitrogen and oxygen atoms in total. The quantitative estimate of drug-likeness (QED) is 0.586. The van der Waals surface area contributed by atoms with Crippen LogP contribution in [0.25, 0.3) is 0 Å². The van der Waals surface area contributed by atoms with Gasteiger partial charge in [0, 0.05) is 35.9 Å². The van der Waals surface area contributed by atoms with Crippen molar-refractivity contribution < 1.29 is 18.3 Å². The smallest absolute Gasteiger partial charge is 0.273 e. The number of halogens is 2. The summed E-state index contributed by atoms with van der Waals surface area (Å²) in [4.78, 5) is 24.6. The third-order valence-corrected chi connectivity index (χ3v) is 7.58. The molecule has 1 fully saturated rings. The van der Waals surface area contributed by atoms with E-state index < -0.39 is 13.0 Å². The second kappa shape index (κ2) is 11.3. The van der Waals surface area contributed by atoms with Gasteiger partial charge >= 0.3 is 0 Å². The molecule has 1 saturated carbocycles. The predicted molar refractivity (Wildman–Crippen MR) is 124 cm³/mol. The molecule has 0 saturated heterocycles. The van der Waals surface area contributed by atoms with E-state index in [0.29, 0.717) is 17.5 Å². The lowest BCUT2D eigenvalue weighted by Gasteiger charge is -2.32. The fourth-order valence-electron chi connectivity index (χ4n) is 4.75. The summed E-state index contributed by atoms with van der Waals surface area (Å²) in [7, 11) is 0. The van der Waals surface area contributed by atoms with Crippen molar-refractivity contribution in [2.45, 2.75) is 70.9 Å². The molecule has 1 amide bonds. The van der Waals surface area contributed by atoms with Crippen LogP contribution < -0.4 is 10.1 Å². The van der Waals surface area contributed by atoms with Gasteiger partial charge in [0.15, 0.2) is 6.61 Å². The summed E-state index contributed by atoms with van der Waals surface area (Å²) in [5.41, 5.74) is 2.92. The number of nitrogens with one attached hydrogen (secondary N) is 1. The van der Waals surface area contributed by atoms with Crippen molar-refractivity contribution in [3.63, 3.8) is 0 Å². The molecule has 180 valence electrons. The second-order valence-corrected chi connectivity index (χ2v) is 10.2. The molecule has 2 aromatic rings. The zero-order chi connectivity index (χ0) is 23.2. The highest BCUT2D eigenvalue weighted by molar-refractivity contribution is 7.13. The van der Waals surface area contributed by atoms with E-state index in [0.717, 1.165) is 80.0 Å². The zero-order valence-electron chi connectivity index (χ0n) is 19.1. The van der Waals surface area contributed by atoms with Crippen molar-refractivity contribution >= 4 is 17.2 Å². The lowest BCUT2D eigenvalue weighted by Crippen LogP contribution is -2.39. The van der Waals surface area contributed by atoms with Crippen LogP contribution in [0.2, 0.25) is 0 Å². The van der Waals surface area contributed by atoms with E-state index in [1.165, 1.54) is 11.3 Å². The van der Waals surface area contributed by atoms with Crippen molar-refractivity contribution in [1.82, 2.24) is 20.2 Å². The van der Waals surface area contributed by atoms with Gasteiger partial charge < -0.3 is 10.1 Å². The zero-order valence-corrected chi connectivity index (χ0v) is 19.9. The highest BCUT2D eigenvalue weighted by Gasteiger charge is 2.25. The number of aryl methyl sites for hydroxylation is 1. The lowest BCUT2D eigenvalue weighted by molar-refractivity contribution is -0.121. The van der Waals surface area contributed by atoms with Crippen LogP contribution in [-0.4, -0.2) is 52.9 Å². The summed E-state index contributed by atoms with van der Waals surface area (Å²) in [6.07, 6.45) is 6.08. The SMILES string of the molecule is Cc1cc(CC(=O)NC2CCC(CCN3CCc4sc(OCC(F)F)nc4C3)CC2)ccn1. The Kier molecular flexibility index (Phi) is 8.25. The molecule has 0 unspecified atom stereocenters. The summed E-state index contributed by atoms with van der Waals surface area (Å²) in [5.74, 6) is 0.774. The number of thiazole rings is 1. The molecular formula is C24H32F2N4O2S. The Morgan fingerprint density at radius 1 is 1.33 bits per heavy atom. The first-order valence-corrected chi connectivity index (χ1v) is 12.6. The number of alkyl halides is 2. The van der Waals surface area contributed by atoms with Crippen LogP contribution in [0.1, 0.15) is 53.9 Å². The number of carbonyl (C=O) groups excluding carboxylic acids is 1. The molecular weight excluding hydrogens is 446 g/mol. The Hall–Kier alpha value is -2.13. The van der Waals surface area contributed by atoms with Gasteiger partial charge in [0.05, 0.1) is 12.1 Å². The maximum Gasteiger partial charge on any atom is 0.273 e. The molecule has 1 N–H and O–H groups in total. The number of hydrogen-bond acceptors (Lipinski definition) is 6. The number of amides is 1. The van der Waals surface area contributed by atoms with E-state index >= 15 is 0 Å². The first-order valence-electron chi connectivity index (χ1n) is 11.8. The van der Waals surface area contributed by atoms with Crippen molar-refractivity contribution in [3.8, 4) is 5.19 Å². The Labute approximate surface area is 197 Å². The summed E-state index contributed by atoms with van der Waals surface area (Å²) in [6, 6.07) is 4.13. The molecule has 0 radical (unpaired) electrons. The van der Waals surface area contributed by atoms with Crippen molar-refractivity contribution in [1.29, 1.82) is 0 Å². The van der Waals surface area contributed by atoms with E-state index in [1.807, 2.05) is 19.1 Å². The summed E-state index contributed by atoms with van der Waals surface area (Å²) in [5, 5.41) is 3.57. The number of carbonyl (C=O) groups is 1. The molecule has 9 heteroatoms. The van der Waals surface area contributed by atoms with Gasteiger partial charge in [-0.15, -0.1) is 0 Å². The van der Waals surface area contributed by atoms with Gasteiger partial charge in [-0.25, -0.2) is 13.8 Å². The predicted octanol–water partition coefficient (Wildman–Crippen LogP) is 4.16. The average molecular weight is 479 g/mol.